The number of nitrogens with zero attached hydrogens (tertiary/aromatic N) is 1. The summed E-state index contributed by atoms with van der Waals surface area (Å²) in [7, 11) is 1.68. The van der Waals surface area contributed by atoms with Crippen LogP contribution in [0.5, 0.6) is 0 Å². The minimum absolute atomic E-state index is 0.128. The van der Waals surface area contributed by atoms with Gasteiger partial charge in [-0.25, -0.2) is 0 Å². The van der Waals surface area contributed by atoms with Gasteiger partial charge in [-0.3, -0.25) is 4.79 Å². The van der Waals surface area contributed by atoms with Gasteiger partial charge >= 0.3 is 0 Å². The van der Waals surface area contributed by atoms with E-state index in [1.165, 1.54) is 5.56 Å². The molecule has 3 rings (SSSR count). The molecule has 0 saturated carbocycles. The van der Waals surface area contributed by atoms with Gasteiger partial charge in [0.15, 0.2) is 0 Å². The van der Waals surface area contributed by atoms with Crippen molar-refractivity contribution in [2.75, 3.05) is 40.0 Å². The van der Waals surface area contributed by atoms with Crippen molar-refractivity contribution in [3.63, 3.8) is 0 Å². The number of carbonyl (C=O) groups excluding carboxylic acids is 1. The first-order valence-electron chi connectivity index (χ1n) is 9.29. The van der Waals surface area contributed by atoms with Crippen LogP contribution in [-0.2, 0) is 9.47 Å². The van der Waals surface area contributed by atoms with Crippen LogP contribution in [0.1, 0.15) is 23.2 Å². The van der Waals surface area contributed by atoms with Crippen molar-refractivity contribution >= 4 is 5.91 Å². The monoisotopic (exact) mass is 353 g/mol. The fourth-order valence-electron chi connectivity index (χ4n) is 3.31. The van der Waals surface area contributed by atoms with E-state index in [-0.39, 0.29) is 5.91 Å². The molecule has 1 heterocycles. The van der Waals surface area contributed by atoms with Crippen LogP contribution >= 0.6 is 0 Å². The number of hydrogen-bond donors (Lipinski definition) is 0. The molecule has 1 aliphatic rings. The van der Waals surface area contributed by atoms with Gasteiger partial charge in [-0.1, -0.05) is 42.5 Å². The van der Waals surface area contributed by atoms with Gasteiger partial charge in [-0.2, -0.15) is 0 Å². The Morgan fingerprint density at radius 1 is 0.962 bits per heavy atom. The summed E-state index contributed by atoms with van der Waals surface area (Å²) in [4.78, 5) is 14.7. The highest BCUT2D eigenvalue weighted by atomic mass is 16.5. The lowest BCUT2D eigenvalue weighted by Crippen LogP contribution is -2.39. The zero-order chi connectivity index (χ0) is 18.2. The van der Waals surface area contributed by atoms with Crippen molar-refractivity contribution < 1.29 is 14.3 Å². The van der Waals surface area contributed by atoms with E-state index in [4.69, 9.17) is 9.47 Å². The minimum atomic E-state index is 0.128. The van der Waals surface area contributed by atoms with Crippen LogP contribution in [0.4, 0.5) is 0 Å². The molecule has 0 unspecified atom stereocenters. The molecule has 2 aromatic rings. The van der Waals surface area contributed by atoms with Crippen molar-refractivity contribution in [3.8, 4) is 11.1 Å². The Bertz CT molecular complexity index is 676. The van der Waals surface area contributed by atoms with Gasteiger partial charge in [0, 0.05) is 32.4 Å². The third-order valence-corrected chi connectivity index (χ3v) is 4.93. The highest BCUT2D eigenvalue weighted by Gasteiger charge is 2.23. The number of hydrogen-bond acceptors (Lipinski definition) is 3. The summed E-state index contributed by atoms with van der Waals surface area (Å²) in [5.41, 5.74) is 3.06. The summed E-state index contributed by atoms with van der Waals surface area (Å²) in [5, 5.41) is 0. The van der Waals surface area contributed by atoms with E-state index in [2.05, 4.69) is 12.1 Å². The Morgan fingerprint density at radius 3 is 2.27 bits per heavy atom. The second-order valence-corrected chi connectivity index (χ2v) is 6.75. The summed E-state index contributed by atoms with van der Waals surface area (Å²) in [5.74, 6) is 0.666. The highest BCUT2D eigenvalue weighted by Crippen LogP contribution is 2.22. The summed E-state index contributed by atoms with van der Waals surface area (Å²) in [6, 6.07) is 18.1. The van der Waals surface area contributed by atoms with Crippen molar-refractivity contribution in [2.24, 2.45) is 5.92 Å². The van der Waals surface area contributed by atoms with E-state index in [9.17, 15) is 4.79 Å². The average molecular weight is 353 g/mol. The highest BCUT2D eigenvalue weighted by molar-refractivity contribution is 5.94. The lowest BCUT2D eigenvalue weighted by atomic mass is 9.97. The van der Waals surface area contributed by atoms with Gasteiger partial charge in [-0.15, -0.1) is 0 Å². The Hall–Kier alpha value is -2.17. The van der Waals surface area contributed by atoms with E-state index in [1.54, 1.807) is 7.11 Å². The number of piperidine rings is 1. The van der Waals surface area contributed by atoms with Crippen molar-refractivity contribution in [1.82, 2.24) is 4.90 Å². The Labute approximate surface area is 155 Å². The van der Waals surface area contributed by atoms with Gasteiger partial charge in [-0.05, 0) is 42.0 Å². The molecule has 4 heteroatoms. The van der Waals surface area contributed by atoms with E-state index in [0.29, 0.717) is 19.1 Å². The molecule has 0 atom stereocenters. The summed E-state index contributed by atoms with van der Waals surface area (Å²) < 4.78 is 10.6. The predicted octanol–water partition coefficient (Wildman–Crippen LogP) is 3.87. The van der Waals surface area contributed by atoms with Gasteiger partial charge < -0.3 is 14.4 Å². The van der Waals surface area contributed by atoms with E-state index in [0.717, 1.165) is 43.7 Å². The van der Waals surface area contributed by atoms with Crippen molar-refractivity contribution in [2.45, 2.75) is 12.8 Å². The molecular weight excluding hydrogens is 326 g/mol. The Balaban J connectivity index is 1.51. The average Bonchev–Trinajstić information content (AvgIpc) is 2.72. The molecule has 1 fully saturated rings. The molecule has 0 N–H and O–H groups in total. The second-order valence-electron chi connectivity index (χ2n) is 6.75. The van der Waals surface area contributed by atoms with Crippen LogP contribution in [0.15, 0.2) is 54.6 Å². The Kier molecular flexibility index (Phi) is 6.81. The smallest absolute Gasteiger partial charge is 0.253 e. The maximum Gasteiger partial charge on any atom is 0.253 e. The van der Waals surface area contributed by atoms with Crippen LogP contribution in [0.3, 0.4) is 0 Å². The fourth-order valence-corrected chi connectivity index (χ4v) is 3.31. The first-order chi connectivity index (χ1) is 12.8. The molecule has 138 valence electrons. The maximum absolute atomic E-state index is 12.7. The number of benzene rings is 2. The summed E-state index contributed by atoms with van der Waals surface area (Å²) in [6.45, 7) is 3.64. The van der Waals surface area contributed by atoms with Crippen molar-refractivity contribution in [3.05, 3.63) is 60.2 Å². The molecule has 2 aromatic carbocycles. The zero-order valence-corrected chi connectivity index (χ0v) is 15.4. The van der Waals surface area contributed by atoms with Crippen LogP contribution < -0.4 is 0 Å². The van der Waals surface area contributed by atoms with Crippen molar-refractivity contribution in [1.29, 1.82) is 0 Å². The molecule has 0 radical (unpaired) electrons. The standard InChI is InChI=1S/C22H27NO3/c1-25-15-16-26-17-18-11-13-23(14-12-18)22(24)21-9-7-20(8-10-21)19-5-3-2-4-6-19/h2-10,18H,11-17H2,1H3. The number of carbonyl (C=O) groups is 1. The van der Waals surface area contributed by atoms with Gasteiger partial charge in [0.05, 0.1) is 13.2 Å². The number of likely N-dealkylation sites (tertiary alicyclic amines) is 1. The molecule has 4 nitrogen and oxygen atoms in total. The van der Waals surface area contributed by atoms with E-state index < -0.39 is 0 Å². The molecule has 1 aliphatic heterocycles. The molecule has 1 amide bonds. The number of amides is 1. The first kappa shape index (κ1) is 18.6. The minimum Gasteiger partial charge on any atom is -0.382 e. The van der Waals surface area contributed by atoms with Crippen LogP contribution in [0, 0.1) is 5.92 Å². The largest absolute Gasteiger partial charge is 0.382 e. The summed E-state index contributed by atoms with van der Waals surface area (Å²) >= 11 is 0. The normalized spacial score (nSPS) is 15.2. The number of rotatable bonds is 7. The van der Waals surface area contributed by atoms with E-state index in [1.807, 2.05) is 47.4 Å². The molecule has 0 aliphatic carbocycles. The third-order valence-electron chi connectivity index (χ3n) is 4.93. The zero-order valence-electron chi connectivity index (χ0n) is 15.4. The Morgan fingerprint density at radius 2 is 1.62 bits per heavy atom. The molecule has 0 aromatic heterocycles. The first-order valence-corrected chi connectivity index (χ1v) is 9.29. The molecular formula is C22H27NO3. The number of ether oxygens (including phenoxy) is 2. The quantitative estimate of drug-likeness (QED) is 0.709. The lowest BCUT2D eigenvalue weighted by molar-refractivity contribution is 0.0327. The van der Waals surface area contributed by atoms with Crippen LogP contribution in [0.25, 0.3) is 11.1 Å². The van der Waals surface area contributed by atoms with Gasteiger partial charge in [0.2, 0.25) is 0 Å². The topological polar surface area (TPSA) is 38.8 Å². The molecule has 0 spiro atoms. The van der Waals surface area contributed by atoms with Gasteiger partial charge in [0.1, 0.15) is 0 Å². The molecule has 0 bridgehead atoms. The summed E-state index contributed by atoms with van der Waals surface area (Å²) in [6.07, 6.45) is 2.00. The molecule has 1 saturated heterocycles. The fraction of sp³-hybridized carbons (Fsp3) is 0.409. The van der Waals surface area contributed by atoms with E-state index >= 15 is 0 Å². The second kappa shape index (κ2) is 9.51. The third kappa shape index (κ3) is 4.93. The lowest BCUT2D eigenvalue weighted by Gasteiger charge is -2.32. The maximum atomic E-state index is 12.7. The molecule has 26 heavy (non-hydrogen) atoms. The number of methoxy groups -OCH3 is 1. The predicted molar refractivity (Wildman–Crippen MR) is 103 cm³/mol. The van der Waals surface area contributed by atoms with Gasteiger partial charge in [0.25, 0.3) is 5.91 Å². The SMILES string of the molecule is COCCOCC1CCN(C(=O)c2ccc(-c3ccccc3)cc2)CC1. The van der Waals surface area contributed by atoms with Crippen LogP contribution in [-0.4, -0.2) is 50.8 Å². The van der Waals surface area contributed by atoms with Crippen LogP contribution in [0.2, 0.25) is 0 Å².